The Bertz CT molecular complexity index is 1300. The van der Waals surface area contributed by atoms with Crippen molar-refractivity contribution in [2.75, 3.05) is 0 Å². The number of nitrogens with one attached hydrogen (secondary N) is 1. The van der Waals surface area contributed by atoms with Gasteiger partial charge in [0.15, 0.2) is 5.69 Å². The Kier molecular flexibility index (Phi) is 7.91. The fraction of sp³-hybridized carbons (Fsp3) is 0.259. The minimum absolute atomic E-state index is 0.152. The van der Waals surface area contributed by atoms with Crippen LogP contribution in [0, 0.1) is 6.92 Å². The summed E-state index contributed by atoms with van der Waals surface area (Å²) in [7, 11) is 0. The van der Waals surface area contributed by atoms with Gasteiger partial charge in [0.1, 0.15) is 6.26 Å². The summed E-state index contributed by atoms with van der Waals surface area (Å²) < 4.78 is 45.2. The fourth-order valence-corrected chi connectivity index (χ4v) is 4.76. The highest BCUT2D eigenvalue weighted by Crippen LogP contribution is 2.30. The van der Waals surface area contributed by atoms with Crippen molar-refractivity contribution in [3.05, 3.63) is 111 Å². The summed E-state index contributed by atoms with van der Waals surface area (Å²) in [5.74, 6) is -0.0476. The molecule has 2 heterocycles. The van der Waals surface area contributed by atoms with E-state index in [0.717, 1.165) is 28.1 Å². The van der Waals surface area contributed by atoms with Crippen LogP contribution in [0.3, 0.4) is 0 Å². The number of oxazole rings is 1. The molecule has 0 radical (unpaired) electrons. The number of carbonyl (C=O) groups is 1. The molecule has 0 saturated heterocycles. The van der Waals surface area contributed by atoms with E-state index in [4.69, 9.17) is 4.42 Å². The Labute approximate surface area is 211 Å². The molecule has 5 nitrogen and oxygen atoms in total. The van der Waals surface area contributed by atoms with Crippen molar-refractivity contribution < 1.29 is 22.4 Å². The number of halogens is 3. The van der Waals surface area contributed by atoms with Crippen LogP contribution in [0.5, 0.6) is 0 Å². The summed E-state index contributed by atoms with van der Waals surface area (Å²) in [6, 6.07) is 16.7. The molecular formula is C27H26F3N3O2S. The topological polar surface area (TPSA) is 58.4 Å². The van der Waals surface area contributed by atoms with Crippen LogP contribution < -0.4 is 5.32 Å². The molecule has 4 aromatic rings. The van der Waals surface area contributed by atoms with Crippen molar-refractivity contribution in [2.24, 2.45) is 0 Å². The van der Waals surface area contributed by atoms with E-state index in [0.29, 0.717) is 18.0 Å². The summed E-state index contributed by atoms with van der Waals surface area (Å²) in [5.41, 5.74) is 2.07. The standard InChI is InChI=1S/C27H26F3N3O2S/c1-18-11-12-36-24(18)15-33(14-20-7-6-10-22(13-20)27(28,29)30)16-25-32-23(17-35-25)26(34)31-19(2)21-8-4-3-5-9-21/h3-13,17,19H,14-16H2,1-2H3,(H,31,34)/t19-/m1/s1. The molecule has 1 N–H and O–H groups in total. The van der Waals surface area contributed by atoms with Gasteiger partial charge in [-0.05, 0) is 48.1 Å². The average molecular weight is 514 g/mol. The first-order chi connectivity index (χ1) is 17.2. The van der Waals surface area contributed by atoms with Gasteiger partial charge in [0, 0.05) is 18.0 Å². The third-order valence-corrected chi connectivity index (χ3v) is 6.79. The van der Waals surface area contributed by atoms with Gasteiger partial charge in [-0.15, -0.1) is 11.3 Å². The normalized spacial score (nSPS) is 12.6. The molecule has 0 saturated carbocycles. The van der Waals surface area contributed by atoms with E-state index < -0.39 is 11.7 Å². The lowest BCUT2D eigenvalue weighted by atomic mass is 10.1. The molecule has 0 fully saturated rings. The van der Waals surface area contributed by atoms with Gasteiger partial charge >= 0.3 is 6.18 Å². The molecule has 4 rings (SSSR count). The molecule has 0 aliphatic carbocycles. The van der Waals surface area contributed by atoms with Crippen molar-refractivity contribution in [3.63, 3.8) is 0 Å². The van der Waals surface area contributed by atoms with E-state index >= 15 is 0 Å². The molecule has 0 bridgehead atoms. The SMILES string of the molecule is Cc1ccsc1CN(Cc1cccc(C(F)(F)F)c1)Cc1nc(C(=O)N[C@H](C)c2ccccc2)co1. The number of amides is 1. The Morgan fingerprint density at radius 3 is 2.56 bits per heavy atom. The lowest BCUT2D eigenvalue weighted by Gasteiger charge is -2.21. The van der Waals surface area contributed by atoms with Gasteiger partial charge in [0.25, 0.3) is 5.91 Å². The predicted octanol–water partition coefficient (Wildman–Crippen LogP) is 6.76. The second-order valence-electron chi connectivity index (χ2n) is 8.60. The third-order valence-electron chi connectivity index (χ3n) is 5.79. The number of benzene rings is 2. The summed E-state index contributed by atoms with van der Waals surface area (Å²) in [6.07, 6.45) is -3.10. The van der Waals surface area contributed by atoms with Gasteiger partial charge in [0.2, 0.25) is 5.89 Å². The minimum Gasteiger partial charge on any atom is -0.447 e. The molecule has 1 atom stereocenters. The molecular weight excluding hydrogens is 487 g/mol. The molecule has 9 heteroatoms. The quantitative estimate of drug-likeness (QED) is 0.269. The largest absolute Gasteiger partial charge is 0.447 e. The first-order valence-corrected chi connectivity index (χ1v) is 12.3. The van der Waals surface area contributed by atoms with Crippen LogP contribution in [0.15, 0.2) is 76.7 Å². The Morgan fingerprint density at radius 1 is 1.08 bits per heavy atom. The molecule has 0 spiro atoms. The summed E-state index contributed by atoms with van der Waals surface area (Å²) in [4.78, 5) is 20.1. The molecule has 0 aliphatic heterocycles. The number of carbonyl (C=O) groups excluding carboxylic acids is 1. The van der Waals surface area contributed by atoms with Crippen LogP contribution in [0.2, 0.25) is 0 Å². The molecule has 0 unspecified atom stereocenters. The van der Waals surface area contributed by atoms with Crippen LogP contribution in [-0.4, -0.2) is 15.8 Å². The van der Waals surface area contributed by atoms with Crippen molar-refractivity contribution >= 4 is 17.2 Å². The van der Waals surface area contributed by atoms with Gasteiger partial charge in [-0.25, -0.2) is 4.98 Å². The van der Waals surface area contributed by atoms with Crippen molar-refractivity contribution in [3.8, 4) is 0 Å². The summed E-state index contributed by atoms with van der Waals surface area (Å²) in [6.45, 7) is 4.88. The maximum absolute atomic E-state index is 13.2. The van der Waals surface area contributed by atoms with Gasteiger partial charge in [0.05, 0.1) is 18.2 Å². The zero-order valence-corrected chi connectivity index (χ0v) is 20.7. The zero-order chi connectivity index (χ0) is 25.7. The monoisotopic (exact) mass is 513 g/mol. The van der Waals surface area contributed by atoms with Crippen LogP contribution in [0.1, 0.15) is 56.5 Å². The number of thiophene rings is 1. The zero-order valence-electron chi connectivity index (χ0n) is 19.9. The van der Waals surface area contributed by atoms with Gasteiger partial charge in [-0.3, -0.25) is 9.69 Å². The second kappa shape index (κ2) is 11.1. The molecule has 1 amide bonds. The number of hydrogen-bond acceptors (Lipinski definition) is 5. The molecule has 2 aromatic heterocycles. The van der Waals surface area contributed by atoms with E-state index in [1.165, 1.54) is 12.3 Å². The molecule has 188 valence electrons. The number of aromatic nitrogens is 1. The first-order valence-electron chi connectivity index (χ1n) is 11.4. The lowest BCUT2D eigenvalue weighted by molar-refractivity contribution is -0.137. The van der Waals surface area contributed by atoms with Crippen LogP contribution in [0.4, 0.5) is 13.2 Å². The highest BCUT2D eigenvalue weighted by atomic mass is 32.1. The predicted molar refractivity (Wildman–Crippen MR) is 132 cm³/mol. The van der Waals surface area contributed by atoms with E-state index in [1.807, 2.05) is 60.5 Å². The maximum Gasteiger partial charge on any atom is 0.416 e. The smallest absolute Gasteiger partial charge is 0.416 e. The number of alkyl halides is 3. The number of nitrogens with zero attached hydrogens (tertiary/aromatic N) is 2. The number of rotatable bonds is 9. The van der Waals surface area contributed by atoms with E-state index in [1.54, 1.807) is 17.4 Å². The van der Waals surface area contributed by atoms with Crippen LogP contribution in [0.25, 0.3) is 0 Å². The van der Waals surface area contributed by atoms with Gasteiger partial charge in [-0.1, -0.05) is 48.5 Å². The van der Waals surface area contributed by atoms with Crippen molar-refractivity contribution in [2.45, 2.75) is 45.7 Å². The maximum atomic E-state index is 13.2. The fourth-order valence-electron chi connectivity index (χ4n) is 3.82. The average Bonchev–Trinajstić information content (AvgIpc) is 3.48. The molecule has 2 aromatic carbocycles. The van der Waals surface area contributed by atoms with Crippen LogP contribution >= 0.6 is 11.3 Å². The van der Waals surface area contributed by atoms with Crippen molar-refractivity contribution in [1.29, 1.82) is 0 Å². The molecule has 0 aliphatic rings. The third kappa shape index (κ3) is 6.61. The summed E-state index contributed by atoms with van der Waals surface area (Å²) >= 11 is 1.58. The summed E-state index contributed by atoms with van der Waals surface area (Å²) in [5, 5.41) is 4.88. The van der Waals surface area contributed by atoms with E-state index in [2.05, 4.69) is 10.3 Å². The minimum atomic E-state index is -4.41. The number of aryl methyl sites for hydroxylation is 1. The van der Waals surface area contributed by atoms with E-state index in [9.17, 15) is 18.0 Å². The molecule has 36 heavy (non-hydrogen) atoms. The van der Waals surface area contributed by atoms with Gasteiger partial charge < -0.3 is 9.73 Å². The van der Waals surface area contributed by atoms with Gasteiger partial charge in [-0.2, -0.15) is 13.2 Å². The first kappa shape index (κ1) is 25.7. The lowest BCUT2D eigenvalue weighted by Crippen LogP contribution is -2.27. The second-order valence-corrected chi connectivity index (χ2v) is 9.60. The highest BCUT2D eigenvalue weighted by molar-refractivity contribution is 7.10. The number of hydrogen-bond donors (Lipinski definition) is 1. The Balaban J connectivity index is 1.49. The highest BCUT2D eigenvalue weighted by Gasteiger charge is 2.30. The van der Waals surface area contributed by atoms with Crippen molar-refractivity contribution in [1.82, 2.24) is 15.2 Å². The van der Waals surface area contributed by atoms with E-state index in [-0.39, 0.29) is 30.7 Å². The Morgan fingerprint density at radius 2 is 1.86 bits per heavy atom. The Hall–Kier alpha value is -3.43. The van der Waals surface area contributed by atoms with Crippen LogP contribution in [-0.2, 0) is 25.8 Å².